The van der Waals surface area contributed by atoms with E-state index >= 15 is 0 Å². The van der Waals surface area contributed by atoms with E-state index in [1.54, 1.807) is 36.4 Å². The molecule has 0 radical (unpaired) electrons. The van der Waals surface area contributed by atoms with Crippen LogP contribution in [0.3, 0.4) is 0 Å². The van der Waals surface area contributed by atoms with Crippen molar-refractivity contribution in [2.75, 3.05) is 5.32 Å². The van der Waals surface area contributed by atoms with Gasteiger partial charge in [0.25, 0.3) is 0 Å². The average molecular weight is 547 g/mol. The third-order valence-electron chi connectivity index (χ3n) is 8.69. The summed E-state index contributed by atoms with van der Waals surface area (Å²) in [4.78, 5) is 43.5. The molecule has 3 aliphatic heterocycles. The van der Waals surface area contributed by atoms with Crippen LogP contribution in [0.2, 0.25) is 0 Å². The van der Waals surface area contributed by atoms with Gasteiger partial charge >= 0.3 is 11.9 Å². The van der Waals surface area contributed by atoms with Gasteiger partial charge in [0.15, 0.2) is 0 Å². The summed E-state index contributed by atoms with van der Waals surface area (Å²) in [5, 5.41) is 23.9. The van der Waals surface area contributed by atoms with Crippen molar-refractivity contribution in [3.05, 3.63) is 131 Å². The zero-order valence-electron chi connectivity index (χ0n) is 21.8. The van der Waals surface area contributed by atoms with Gasteiger partial charge in [-0.15, -0.1) is 0 Å². The van der Waals surface area contributed by atoms with E-state index in [-0.39, 0.29) is 5.75 Å². The SMILES string of the molecule is O=C1OC(c2ccccc2)C(c2ccccc2)N2C1C(C(=O)O)C1(C(=O)Nc3ccccc31)C2c1ccc(O)cc1. The lowest BCUT2D eigenvalue weighted by atomic mass is 9.65. The molecule has 4 aromatic carbocycles. The van der Waals surface area contributed by atoms with Gasteiger partial charge in [-0.05, 0) is 40.5 Å². The Hall–Kier alpha value is -4.95. The van der Waals surface area contributed by atoms with Gasteiger partial charge in [0, 0.05) is 5.69 Å². The van der Waals surface area contributed by atoms with Crippen molar-refractivity contribution in [2.24, 2.45) is 5.92 Å². The Labute approximate surface area is 235 Å². The van der Waals surface area contributed by atoms with Crippen LogP contribution >= 0.6 is 0 Å². The summed E-state index contributed by atoms with van der Waals surface area (Å²) >= 11 is 0. The number of amides is 1. The zero-order valence-corrected chi connectivity index (χ0v) is 21.8. The number of cyclic esters (lactones) is 1. The van der Waals surface area contributed by atoms with E-state index in [0.29, 0.717) is 16.8 Å². The standard InChI is InChI=1S/C33H26N2O6/c36-22-17-15-21(16-18-22)29-33(23-13-7-8-14-24(23)34-32(33)40)25(30(37)38)27-31(39)41-28(20-11-5-2-6-12-20)26(35(27)29)19-9-3-1-4-10-19/h1-18,25-29,36H,(H,34,40)(H,37,38). The summed E-state index contributed by atoms with van der Waals surface area (Å²) in [5.74, 6) is -3.88. The minimum absolute atomic E-state index is 0.0308. The first-order valence-corrected chi connectivity index (χ1v) is 13.4. The Balaban J connectivity index is 1.56. The van der Waals surface area contributed by atoms with Crippen molar-refractivity contribution >= 4 is 23.5 Å². The van der Waals surface area contributed by atoms with Crippen LogP contribution in [0.4, 0.5) is 5.69 Å². The van der Waals surface area contributed by atoms with E-state index in [2.05, 4.69) is 5.32 Å². The molecule has 3 aliphatic rings. The molecule has 3 heterocycles. The third kappa shape index (κ3) is 3.54. The van der Waals surface area contributed by atoms with Crippen LogP contribution in [0.5, 0.6) is 5.75 Å². The van der Waals surface area contributed by atoms with Crippen LogP contribution in [-0.4, -0.2) is 39.0 Å². The van der Waals surface area contributed by atoms with Crippen molar-refractivity contribution in [3.63, 3.8) is 0 Å². The highest BCUT2D eigenvalue weighted by atomic mass is 16.6. The highest BCUT2D eigenvalue weighted by Gasteiger charge is 2.74. The van der Waals surface area contributed by atoms with E-state index in [4.69, 9.17) is 4.74 Å². The Kier molecular flexibility index (Phi) is 5.69. The maximum atomic E-state index is 14.3. The molecular formula is C33H26N2O6. The number of fused-ring (bicyclic) bond motifs is 3. The van der Waals surface area contributed by atoms with Gasteiger partial charge in [0.1, 0.15) is 29.2 Å². The maximum Gasteiger partial charge on any atom is 0.325 e. The van der Waals surface area contributed by atoms with Crippen LogP contribution in [0.15, 0.2) is 109 Å². The molecule has 1 spiro atoms. The fourth-order valence-corrected chi connectivity index (χ4v) is 7.19. The Morgan fingerprint density at radius 2 is 1.37 bits per heavy atom. The molecule has 0 bridgehead atoms. The summed E-state index contributed by atoms with van der Waals surface area (Å²) in [6, 6.07) is 29.5. The first-order valence-electron chi connectivity index (χ1n) is 13.4. The second kappa shape index (κ2) is 9.31. The molecule has 2 fully saturated rings. The number of carboxylic acid groups (broad SMARTS) is 1. The largest absolute Gasteiger partial charge is 0.508 e. The minimum Gasteiger partial charge on any atom is -0.508 e. The number of nitrogens with zero attached hydrogens (tertiary/aromatic N) is 1. The van der Waals surface area contributed by atoms with Crippen LogP contribution in [-0.2, 0) is 24.5 Å². The fraction of sp³-hybridized carbons (Fsp3) is 0.182. The molecule has 0 aromatic heterocycles. The number of anilines is 1. The molecule has 0 aliphatic carbocycles. The summed E-state index contributed by atoms with van der Waals surface area (Å²) < 4.78 is 6.15. The molecule has 2 saturated heterocycles. The predicted molar refractivity (Wildman–Crippen MR) is 149 cm³/mol. The molecule has 7 rings (SSSR count). The number of hydrogen-bond donors (Lipinski definition) is 3. The summed E-state index contributed by atoms with van der Waals surface area (Å²) in [5.41, 5.74) is 1.53. The number of rotatable bonds is 4. The molecular weight excluding hydrogens is 520 g/mol. The number of carboxylic acids is 1. The Morgan fingerprint density at radius 1 is 0.756 bits per heavy atom. The second-order valence-corrected chi connectivity index (χ2v) is 10.7. The molecule has 1 amide bonds. The smallest absolute Gasteiger partial charge is 0.325 e. The van der Waals surface area contributed by atoms with E-state index in [9.17, 15) is 24.6 Å². The first kappa shape index (κ1) is 25.0. The maximum absolute atomic E-state index is 14.3. The van der Waals surface area contributed by atoms with Gasteiger partial charge in [0.05, 0.1) is 12.1 Å². The normalized spacial score (nSPS) is 28.5. The molecule has 8 heteroatoms. The van der Waals surface area contributed by atoms with Crippen LogP contribution in [0.25, 0.3) is 0 Å². The number of esters is 1. The highest BCUT2D eigenvalue weighted by molar-refractivity contribution is 6.11. The number of aliphatic carboxylic acids is 1. The number of phenols is 1. The van der Waals surface area contributed by atoms with Crippen molar-refractivity contribution in [3.8, 4) is 5.75 Å². The van der Waals surface area contributed by atoms with Gasteiger partial charge in [-0.25, -0.2) is 0 Å². The number of morpholine rings is 1. The molecule has 41 heavy (non-hydrogen) atoms. The second-order valence-electron chi connectivity index (χ2n) is 10.7. The topological polar surface area (TPSA) is 116 Å². The predicted octanol–water partition coefficient (Wildman–Crippen LogP) is 4.75. The number of benzene rings is 4. The number of carbonyl (C=O) groups is 3. The van der Waals surface area contributed by atoms with Crippen molar-refractivity contribution in [1.29, 1.82) is 0 Å². The Bertz CT molecular complexity index is 1660. The van der Waals surface area contributed by atoms with Gasteiger partial charge in [0.2, 0.25) is 5.91 Å². The van der Waals surface area contributed by atoms with Crippen molar-refractivity contribution < 1.29 is 29.3 Å². The average Bonchev–Trinajstić information content (AvgIpc) is 3.47. The Morgan fingerprint density at radius 3 is 2.02 bits per heavy atom. The monoisotopic (exact) mass is 546 g/mol. The quantitative estimate of drug-likeness (QED) is 0.317. The van der Waals surface area contributed by atoms with E-state index in [1.807, 2.05) is 65.6 Å². The molecule has 6 unspecified atom stereocenters. The lowest BCUT2D eigenvalue weighted by molar-refractivity contribution is -0.179. The minimum atomic E-state index is -1.66. The van der Waals surface area contributed by atoms with Gasteiger partial charge in [-0.2, -0.15) is 0 Å². The summed E-state index contributed by atoms with van der Waals surface area (Å²) in [6.07, 6.45) is -0.772. The molecule has 204 valence electrons. The molecule has 4 aromatic rings. The van der Waals surface area contributed by atoms with Crippen LogP contribution in [0.1, 0.15) is 40.4 Å². The number of para-hydroxylation sites is 1. The number of ether oxygens (including phenoxy) is 1. The van der Waals surface area contributed by atoms with E-state index < -0.39 is 53.4 Å². The fourth-order valence-electron chi connectivity index (χ4n) is 7.19. The molecule has 3 N–H and O–H groups in total. The van der Waals surface area contributed by atoms with Gasteiger partial charge < -0.3 is 20.3 Å². The van der Waals surface area contributed by atoms with Crippen LogP contribution < -0.4 is 5.32 Å². The zero-order chi connectivity index (χ0) is 28.3. The van der Waals surface area contributed by atoms with E-state index in [1.165, 1.54) is 12.1 Å². The summed E-state index contributed by atoms with van der Waals surface area (Å²) in [6.45, 7) is 0. The lowest BCUT2D eigenvalue weighted by Crippen LogP contribution is -2.52. The number of aromatic hydroxyl groups is 1. The van der Waals surface area contributed by atoms with Gasteiger partial charge in [-0.3, -0.25) is 19.3 Å². The third-order valence-corrected chi connectivity index (χ3v) is 8.69. The number of carbonyl (C=O) groups excluding carboxylic acids is 2. The van der Waals surface area contributed by atoms with Crippen molar-refractivity contribution in [1.82, 2.24) is 4.90 Å². The van der Waals surface area contributed by atoms with Crippen LogP contribution in [0, 0.1) is 5.92 Å². The number of phenolic OH excluding ortho intramolecular Hbond substituents is 1. The summed E-state index contributed by atoms with van der Waals surface area (Å²) in [7, 11) is 0. The number of nitrogens with one attached hydrogen (secondary N) is 1. The molecule has 6 atom stereocenters. The highest BCUT2D eigenvalue weighted by Crippen LogP contribution is 2.64. The van der Waals surface area contributed by atoms with Gasteiger partial charge in [-0.1, -0.05) is 91.0 Å². The number of hydrogen-bond acceptors (Lipinski definition) is 6. The molecule has 0 saturated carbocycles. The van der Waals surface area contributed by atoms with E-state index in [0.717, 1.165) is 11.1 Å². The lowest BCUT2D eigenvalue weighted by Gasteiger charge is -2.46. The molecule has 8 nitrogen and oxygen atoms in total. The first-order chi connectivity index (χ1) is 19.9. The van der Waals surface area contributed by atoms with Crippen molar-refractivity contribution in [2.45, 2.75) is 29.6 Å².